The fourth-order valence-electron chi connectivity index (χ4n) is 2.94. The third-order valence-corrected chi connectivity index (χ3v) is 3.96. The van der Waals surface area contributed by atoms with E-state index >= 15 is 0 Å². The molecule has 0 aliphatic carbocycles. The number of piperidine rings is 1. The maximum absolute atomic E-state index is 11.4. The molecule has 1 aromatic rings. The van der Waals surface area contributed by atoms with Crippen LogP contribution in [0.5, 0.6) is 0 Å². The summed E-state index contributed by atoms with van der Waals surface area (Å²) in [7, 11) is 0. The van der Waals surface area contributed by atoms with Gasteiger partial charge in [0.25, 0.3) is 0 Å². The third-order valence-electron chi connectivity index (χ3n) is 3.96. The molecule has 1 N–H and O–H groups in total. The van der Waals surface area contributed by atoms with Gasteiger partial charge in [0.1, 0.15) is 0 Å². The Morgan fingerprint density at radius 3 is 3.00 bits per heavy atom. The van der Waals surface area contributed by atoms with Crippen LogP contribution in [0.1, 0.15) is 31.7 Å². The van der Waals surface area contributed by atoms with Gasteiger partial charge in [0.2, 0.25) is 5.82 Å². The molecule has 1 fully saturated rings. The van der Waals surface area contributed by atoms with Gasteiger partial charge < -0.3 is 10.2 Å². The second-order valence-corrected chi connectivity index (χ2v) is 5.72. The summed E-state index contributed by atoms with van der Waals surface area (Å²) < 4.78 is 0. The van der Waals surface area contributed by atoms with Gasteiger partial charge in [-0.05, 0) is 51.3 Å². The number of nitrogens with one attached hydrogen (secondary N) is 1. The smallest absolute Gasteiger partial charge is 0.314 e. The Morgan fingerprint density at radius 1 is 1.57 bits per heavy atom. The van der Waals surface area contributed by atoms with E-state index < -0.39 is 0 Å². The SMILES string of the molecule is CCCN(CC1CCCNC1)c1nccc(C)c1[N+](=O)[O-]. The normalized spacial score (nSPS) is 18.5. The first-order valence-corrected chi connectivity index (χ1v) is 7.69. The molecule has 2 heterocycles. The van der Waals surface area contributed by atoms with Crippen molar-refractivity contribution in [3.8, 4) is 0 Å². The van der Waals surface area contributed by atoms with Crippen molar-refractivity contribution in [1.82, 2.24) is 10.3 Å². The Hall–Kier alpha value is -1.69. The average molecular weight is 292 g/mol. The van der Waals surface area contributed by atoms with Gasteiger partial charge in [-0.1, -0.05) is 6.92 Å². The van der Waals surface area contributed by atoms with Crippen molar-refractivity contribution in [2.24, 2.45) is 5.92 Å². The van der Waals surface area contributed by atoms with Crippen LogP contribution >= 0.6 is 0 Å². The molecule has 1 atom stereocenters. The molecule has 6 nitrogen and oxygen atoms in total. The Morgan fingerprint density at radius 2 is 2.38 bits per heavy atom. The zero-order valence-electron chi connectivity index (χ0n) is 12.8. The summed E-state index contributed by atoms with van der Waals surface area (Å²) >= 11 is 0. The fourth-order valence-corrected chi connectivity index (χ4v) is 2.94. The van der Waals surface area contributed by atoms with E-state index in [2.05, 4.69) is 22.1 Å². The average Bonchev–Trinajstić information content (AvgIpc) is 2.47. The minimum Gasteiger partial charge on any atom is -0.351 e. The topological polar surface area (TPSA) is 71.3 Å². The lowest BCUT2D eigenvalue weighted by Gasteiger charge is -2.30. The van der Waals surface area contributed by atoms with Gasteiger partial charge in [-0.2, -0.15) is 0 Å². The molecular weight excluding hydrogens is 268 g/mol. The van der Waals surface area contributed by atoms with Crippen molar-refractivity contribution < 1.29 is 4.92 Å². The molecular formula is C15H24N4O2. The minimum absolute atomic E-state index is 0.148. The predicted octanol–water partition coefficient (Wildman–Crippen LogP) is 2.51. The highest BCUT2D eigenvalue weighted by Gasteiger charge is 2.25. The molecule has 1 aromatic heterocycles. The van der Waals surface area contributed by atoms with Crippen LogP contribution in [0.25, 0.3) is 0 Å². The Bertz CT molecular complexity index is 487. The van der Waals surface area contributed by atoms with Gasteiger partial charge in [0.15, 0.2) is 0 Å². The number of anilines is 1. The molecule has 116 valence electrons. The molecule has 0 bridgehead atoms. The molecule has 0 saturated carbocycles. The quantitative estimate of drug-likeness (QED) is 0.644. The Kier molecular flexibility index (Phi) is 5.50. The monoisotopic (exact) mass is 292 g/mol. The summed E-state index contributed by atoms with van der Waals surface area (Å²) in [6.07, 6.45) is 4.97. The first-order valence-electron chi connectivity index (χ1n) is 7.69. The van der Waals surface area contributed by atoms with Crippen LogP contribution < -0.4 is 10.2 Å². The van der Waals surface area contributed by atoms with E-state index in [1.54, 1.807) is 19.2 Å². The van der Waals surface area contributed by atoms with Gasteiger partial charge >= 0.3 is 5.69 Å². The standard InChI is InChI=1S/C15H24N4O2/c1-3-9-18(11-13-5-4-7-16-10-13)15-14(19(20)21)12(2)6-8-17-15/h6,8,13,16H,3-5,7,9-11H2,1-2H3. The van der Waals surface area contributed by atoms with Gasteiger partial charge in [-0.3, -0.25) is 10.1 Å². The molecule has 0 aromatic carbocycles. The largest absolute Gasteiger partial charge is 0.351 e. The van der Waals surface area contributed by atoms with Crippen molar-refractivity contribution in [3.63, 3.8) is 0 Å². The van der Waals surface area contributed by atoms with E-state index in [1.165, 1.54) is 12.8 Å². The summed E-state index contributed by atoms with van der Waals surface area (Å²) in [5.41, 5.74) is 0.822. The van der Waals surface area contributed by atoms with Crippen LogP contribution in [-0.2, 0) is 0 Å². The van der Waals surface area contributed by atoms with Gasteiger partial charge in [0.05, 0.1) is 4.92 Å². The molecule has 0 spiro atoms. The number of pyridine rings is 1. The number of hydrogen-bond donors (Lipinski definition) is 1. The molecule has 1 aliphatic rings. The van der Waals surface area contributed by atoms with Crippen LogP contribution in [0.15, 0.2) is 12.3 Å². The zero-order chi connectivity index (χ0) is 15.2. The second-order valence-electron chi connectivity index (χ2n) is 5.72. The predicted molar refractivity (Wildman–Crippen MR) is 83.7 cm³/mol. The maximum Gasteiger partial charge on any atom is 0.314 e. The molecule has 0 amide bonds. The Labute approximate surface area is 125 Å². The maximum atomic E-state index is 11.4. The fraction of sp³-hybridized carbons (Fsp3) is 0.667. The van der Waals surface area contributed by atoms with Crippen LogP contribution in [0.4, 0.5) is 11.5 Å². The Balaban J connectivity index is 2.24. The van der Waals surface area contributed by atoms with Gasteiger partial charge in [-0.15, -0.1) is 0 Å². The highest BCUT2D eigenvalue weighted by Crippen LogP contribution is 2.30. The molecule has 21 heavy (non-hydrogen) atoms. The molecule has 1 unspecified atom stereocenters. The summed E-state index contributed by atoms with van der Waals surface area (Å²) in [5, 5.41) is 14.8. The van der Waals surface area contributed by atoms with Crippen LogP contribution in [0.3, 0.4) is 0 Å². The lowest BCUT2D eigenvalue weighted by Crippen LogP contribution is -2.39. The van der Waals surface area contributed by atoms with Crippen LogP contribution in [0, 0.1) is 23.0 Å². The van der Waals surface area contributed by atoms with Crippen molar-refractivity contribution in [2.75, 3.05) is 31.1 Å². The van der Waals surface area contributed by atoms with Crippen LogP contribution in [0.2, 0.25) is 0 Å². The highest BCUT2D eigenvalue weighted by molar-refractivity contribution is 5.61. The number of aryl methyl sites for hydroxylation is 1. The molecule has 0 radical (unpaired) electrons. The van der Waals surface area contributed by atoms with Crippen molar-refractivity contribution in [3.05, 3.63) is 27.9 Å². The van der Waals surface area contributed by atoms with E-state index in [9.17, 15) is 10.1 Å². The van der Waals surface area contributed by atoms with Gasteiger partial charge in [0, 0.05) is 24.8 Å². The first kappa shape index (κ1) is 15.7. The van der Waals surface area contributed by atoms with Gasteiger partial charge in [-0.25, -0.2) is 4.98 Å². The van der Waals surface area contributed by atoms with Crippen molar-refractivity contribution in [1.29, 1.82) is 0 Å². The molecule has 6 heteroatoms. The zero-order valence-corrected chi connectivity index (χ0v) is 12.8. The van der Waals surface area contributed by atoms with Crippen molar-refractivity contribution >= 4 is 11.5 Å². The second kappa shape index (κ2) is 7.36. The number of nitrogens with zero attached hydrogens (tertiary/aromatic N) is 3. The lowest BCUT2D eigenvalue weighted by atomic mass is 9.99. The summed E-state index contributed by atoms with van der Waals surface area (Å²) in [6, 6.07) is 1.70. The number of nitro groups is 1. The first-order chi connectivity index (χ1) is 10.1. The lowest BCUT2D eigenvalue weighted by molar-refractivity contribution is -0.384. The molecule has 1 aliphatic heterocycles. The van der Waals surface area contributed by atoms with E-state index in [0.717, 1.165) is 32.6 Å². The highest BCUT2D eigenvalue weighted by atomic mass is 16.6. The van der Waals surface area contributed by atoms with Crippen molar-refractivity contribution in [2.45, 2.75) is 33.1 Å². The van der Waals surface area contributed by atoms with Crippen LogP contribution in [-0.4, -0.2) is 36.1 Å². The molecule has 2 rings (SSSR count). The van der Waals surface area contributed by atoms with E-state index in [-0.39, 0.29) is 10.6 Å². The summed E-state index contributed by atoms with van der Waals surface area (Å²) in [6.45, 7) is 7.56. The van der Waals surface area contributed by atoms with E-state index in [0.29, 0.717) is 17.3 Å². The number of aromatic nitrogens is 1. The summed E-state index contributed by atoms with van der Waals surface area (Å²) in [4.78, 5) is 17.5. The third kappa shape index (κ3) is 3.91. The minimum atomic E-state index is -0.306. The number of rotatable bonds is 6. The number of hydrogen-bond acceptors (Lipinski definition) is 5. The van der Waals surface area contributed by atoms with E-state index in [4.69, 9.17) is 0 Å². The molecule has 1 saturated heterocycles. The summed E-state index contributed by atoms with van der Waals surface area (Å²) in [5.74, 6) is 1.06. The van der Waals surface area contributed by atoms with E-state index in [1.807, 2.05) is 0 Å².